The first-order chi connectivity index (χ1) is 14.5. The molecule has 2 aliphatic heterocycles. The van der Waals surface area contributed by atoms with Crippen molar-refractivity contribution in [3.63, 3.8) is 0 Å². The van der Waals surface area contributed by atoms with Crippen LogP contribution in [-0.2, 0) is 22.7 Å². The van der Waals surface area contributed by atoms with Gasteiger partial charge in [0.05, 0.1) is 11.7 Å². The summed E-state index contributed by atoms with van der Waals surface area (Å²) in [4.78, 5) is 32.0. The zero-order valence-corrected chi connectivity index (χ0v) is 18.0. The number of nitrogens with zero attached hydrogens (tertiary/aromatic N) is 5. The van der Waals surface area contributed by atoms with Crippen LogP contribution in [-0.4, -0.2) is 75.1 Å². The van der Waals surface area contributed by atoms with E-state index in [0.717, 1.165) is 50.4 Å². The van der Waals surface area contributed by atoms with Gasteiger partial charge < -0.3 is 9.80 Å². The first kappa shape index (κ1) is 20.6. The van der Waals surface area contributed by atoms with Gasteiger partial charge in [-0.15, -0.1) is 0 Å². The summed E-state index contributed by atoms with van der Waals surface area (Å²) in [5.74, 6) is 0.327. The zero-order valence-electron chi connectivity index (χ0n) is 18.0. The Kier molecular flexibility index (Phi) is 6.18. The van der Waals surface area contributed by atoms with E-state index in [2.05, 4.69) is 22.1 Å². The molecular weight excluding hydrogens is 378 g/mol. The maximum absolute atomic E-state index is 13.0. The lowest BCUT2D eigenvalue weighted by atomic mass is 10.2. The lowest BCUT2D eigenvalue weighted by Gasteiger charge is -2.26. The molecule has 1 atom stereocenters. The highest BCUT2D eigenvalue weighted by molar-refractivity contribution is 5.84. The van der Waals surface area contributed by atoms with Crippen LogP contribution in [0, 0.1) is 13.8 Å². The van der Waals surface area contributed by atoms with Gasteiger partial charge in [-0.2, -0.15) is 5.10 Å². The Morgan fingerprint density at radius 3 is 2.60 bits per heavy atom. The highest BCUT2D eigenvalue weighted by Crippen LogP contribution is 2.21. The third-order valence-corrected chi connectivity index (χ3v) is 6.20. The standard InChI is InChI=1S/C23H31N5O2/c1-18-15-19(2)28(24-18)17-22(29)26-11-6-10-25(13-14-26)21-9-12-27(23(21)30)16-20-7-4-3-5-8-20/h3-5,7-8,15,21H,6,9-14,16-17H2,1-2H3. The third kappa shape index (κ3) is 4.56. The van der Waals surface area contributed by atoms with E-state index in [0.29, 0.717) is 13.1 Å². The summed E-state index contributed by atoms with van der Waals surface area (Å²) in [5.41, 5.74) is 3.11. The molecule has 2 aromatic rings. The monoisotopic (exact) mass is 409 g/mol. The molecule has 3 heterocycles. The third-order valence-electron chi connectivity index (χ3n) is 6.20. The Labute approximate surface area is 178 Å². The summed E-state index contributed by atoms with van der Waals surface area (Å²) in [7, 11) is 0. The Bertz CT molecular complexity index is 894. The summed E-state index contributed by atoms with van der Waals surface area (Å²) in [5, 5.41) is 4.41. The van der Waals surface area contributed by atoms with E-state index >= 15 is 0 Å². The summed E-state index contributed by atoms with van der Waals surface area (Å²) in [6.07, 6.45) is 1.76. The SMILES string of the molecule is Cc1cc(C)n(CC(=O)N2CCCN(C3CCN(Cc4ccccc4)C3=O)CC2)n1. The number of aryl methyl sites for hydroxylation is 2. The molecule has 0 saturated carbocycles. The van der Waals surface area contributed by atoms with Gasteiger partial charge in [0.25, 0.3) is 0 Å². The Hall–Kier alpha value is -2.67. The second-order valence-electron chi connectivity index (χ2n) is 8.40. The van der Waals surface area contributed by atoms with Crippen molar-refractivity contribution >= 4 is 11.8 Å². The van der Waals surface area contributed by atoms with E-state index in [4.69, 9.17) is 0 Å². The molecule has 1 aromatic heterocycles. The molecule has 30 heavy (non-hydrogen) atoms. The Morgan fingerprint density at radius 2 is 1.87 bits per heavy atom. The summed E-state index contributed by atoms with van der Waals surface area (Å²) >= 11 is 0. The molecule has 4 rings (SSSR count). The predicted molar refractivity (Wildman–Crippen MR) is 115 cm³/mol. The number of amides is 2. The molecule has 2 aliphatic rings. The predicted octanol–water partition coefficient (Wildman–Crippen LogP) is 1.84. The van der Waals surface area contributed by atoms with E-state index in [1.807, 2.05) is 47.9 Å². The number of likely N-dealkylation sites (tertiary alicyclic amines) is 1. The van der Waals surface area contributed by atoms with Gasteiger partial charge in [-0.25, -0.2) is 0 Å². The van der Waals surface area contributed by atoms with Gasteiger partial charge in [-0.05, 0) is 38.3 Å². The highest BCUT2D eigenvalue weighted by atomic mass is 16.2. The van der Waals surface area contributed by atoms with Crippen molar-refractivity contribution in [2.75, 3.05) is 32.7 Å². The summed E-state index contributed by atoms with van der Waals surface area (Å²) < 4.78 is 1.78. The molecule has 0 N–H and O–H groups in total. The van der Waals surface area contributed by atoms with Gasteiger partial charge in [0.2, 0.25) is 11.8 Å². The van der Waals surface area contributed by atoms with Crippen LogP contribution in [0.3, 0.4) is 0 Å². The van der Waals surface area contributed by atoms with Crippen molar-refractivity contribution in [3.05, 3.63) is 53.3 Å². The van der Waals surface area contributed by atoms with Crippen LogP contribution in [0.5, 0.6) is 0 Å². The second-order valence-corrected chi connectivity index (χ2v) is 8.40. The van der Waals surface area contributed by atoms with Gasteiger partial charge in [0, 0.05) is 45.0 Å². The first-order valence-electron chi connectivity index (χ1n) is 10.9. The van der Waals surface area contributed by atoms with Crippen molar-refractivity contribution in [2.24, 2.45) is 0 Å². The van der Waals surface area contributed by atoms with Crippen LogP contribution in [0.25, 0.3) is 0 Å². The van der Waals surface area contributed by atoms with Crippen molar-refractivity contribution in [3.8, 4) is 0 Å². The molecule has 0 bridgehead atoms. The van der Waals surface area contributed by atoms with Crippen LogP contribution in [0.4, 0.5) is 0 Å². The minimum absolute atomic E-state index is 0.0558. The second kappa shape index (κ2) is 9.00. The minimum Gasteiger partial charge on any atom is -0.340 e. The number of rotatable bonds is 5. The number of hydrogen-bond acceptors (Lipinski definition) is 4. The van der Waals surface area contributed by atoms with Crippen molar-refractivity contribution in [1.29, 1.82) is 0 Å². The van der Waals surface area contributed by atoms with E-state index in [9.17, 15) is 9.59 Å². The van der Waals surface area contributed by atoms with Crippen LogP contribution < -0.4 is 0 Å². The molecule has 1 aromatic carbocycles. The molecule has 160 valence electrons. The maximum atomic E-state index is 13.0. The largest absolute Gasteiger partial charge is 0.340 e. The maximum Gasteiger partial charge on any atom is 0.244 e. The van der Waals surface area contributed by atoms with E-state index < -0.39 is 0 Å². The Balaban J connectivity index is 1.32. The van der Waals surface area contributed by atoms with Gasteiger partial charge in [-0.1, -0.05) is 30.3 Å². The number of benzene rings is 1. The number of carbonyl (C=O) groups is 2. The topological polar surface area (TPSA) is 61.7 Å². The van der Waals surface area contributed by atoms with Gasteiger partial charge >= 0.3 is 0 Å². The molecule has 7 nitrogen and oxygen atoms in total. The Morgan fingerprint density at radius 1 is 1.07 bits per heavy atom. The van der Waals surface area contributed by atoms with E-state index in [1.165, 1.54) is 5.56 Å². The smallest absolute Gasteiger partial charge is 0.244 e. The van der Waals surface area contributed by atoms with Crippen LogP contribution >= 0.6 is 0 Å². The van der Waals surface area contributed by atoms with Gasteiger partial charge in [0.1, 0.15) is 6.54 Å². The van der Waals surface area contributed by atoms with Gasteiger partial charge in [0.15, 0.2) is 0 Å². The molecule has 2 amide bonds. The van der Waals surface area contributed by atoms with Crippen LogP contribution in [0.2, 0.25) is 0 Å². The van der Waals surface area contributed by atoms with Crippen molar-refractivity contribution < 1.29 is 9.59 Å². The highest BCUT2D eigenvalue weighted by Gasteiger charge is 2.36. The lowest BCUT2D eigenvalue weighted by molar-refractivity contribution is -0.132. The average Bonchev–Trinajstić information content (AvgIpc) is 3.12. The molecule has 0 aliphatic carbocycles. The van der Waals surface area contributed by atoms with Gasteiger partial charge in [-0.3, -0.25) is 19.2 Å². The fraction of sp³-hybridized carbons (Fsp3) is 0.522. The number of aromatic nitrogens is 2. The normalized spacial score (nSPS) is 20.6. The summed E-state index contributed by atoms with van der Waals surface area (Å²) in [6, 6.07) is 12.1. The van der Waals surface area contributed by atoms with Crippen molar-refractivity contribution in [1.82, 2.24) is 24.5 Å². The molecule has 1 unspecified atom stereocenters. The fourth-order valence-corrected chi connectivity index (χ4v) is 4.58. The number of hydrogen-bond donors (Lipinski definition) is 0. The zero-order chi connectivity index (χ0) is 21.1. The average molecular weight is 410 g/mol. The van der Waals surface area contributed by atoms with Crippen LogP contribution in [0.1, 0.15) is 29.8 Å². The fourth-order valence-electron chi connectivity index (χ4n) is 4.58. The minimum atomic E-state index is -0.0558. The van der Waals surface area contributed by atoms with E-state index in [-0.39, 0.29) is 24.4 Å². The first-order valence-corrected chi connectivity index (χ1v) is 10.9. The number of carbonyl (C=O) groups excluding carboxylic acids is 2. The molecule has 2 fully saturated rings. The molecular formula is C23H31N5O2. The van der Waals surface area contributed by atoms with Crippen molar-refractivity contribution in [2.45, 2.75) is 45.8 Å². The molecule has 0 spiro atoms. The quantitative estimate of drug-likeness (QED) is 0.756. The van der Waals surface area contributed by atoms with Crippen LogP contribution in [0.15, 0.2) is 36.4 Å². The molecule has 2 saturated heterocycles. The lowest BCUT2D eigenvalue weighted by Crippen LogP contribution is -2.44. The molecule has 0 radical (unpaired) electrons. The van der Waals surface area contributed by atoms with E-state index in [1.54, 1.807) is 4.68 Å². The molecule has 7 heteroatoms. The summed E-state index contributed by atoms with van der Waals surface area (Å²) in [6.45, 7) is 8.70.